The van der Waals surface area contributed by atoms with Crippen LogP contribution in [0.1, 0.15) is 23.5 Å². The van der Waals surface area contributed by atoms with Crippen molar-refractivity contribution in [3.8, 4) is 11.4 Å². The Hall–Kier alpha value is -2.67. The average Bonchev–Trinajstić information content (AvgIpc) is 3.32. The maximum atomic E-state index is 12.6. The van der Waals surface area contributed by atoms with Gasteiger partial charge >= 0.3 is 6.03 Å². The van der Waals surface area contributed by atoms with Gasteiger partial charge in [0.25, 0.3) is 0 Å². The lowest BCUT2D eigenvalue weighted by molar-refractivity contribution is 0.220. The van der Waals surface area contributed by atoms with Gasteiger partial charge in [-0.15, -0.1) is 11.3 Å². The molecule has 6 nitrogen and oxygen atoms in total. The number of nitrogens with zero attached hydrogens (tertiary/aromatic N) is 4. The van der Waals surface area contributed by atoms with Crippen LogP contribution in [-0.2, 0) is 19.5 Å². The predicted molar refractivity (Wildman–Crippen MR) is 103 cm³/mol. The van der Waals surface area contributed by atoms with Crippen LogP contribution in [0.5, 0.6) is 0 Å². The number of rotatable bonds is 4. The molecule has 0 unspecified atom stereocenters. The molecule has 0 saturated heterocycles. The third kappa shape index (κ3) is 3.35. The average molecular weight is 367 g/mol. The summed E-state index contributed by atoms with van der Waals surface area (Å²) in [5.74, 6) is 0.929. The number of aryl methyl sites for hydroxylation is 1. The fourth-order valence-electron chi connectivity index (χ4n) is 3.25. The van der Waals surface area contributed by atoms with Gasteiger partial charge in [0.1, 0.15) is 10.8 Å². The predicted octanol–water partition coefficient (Wildman–Crippen LogP) is 4.01. The third-order valence-corrected chi connectivity index (χ3v) is 5.38. The number of hydrogen-bond donors (Lipinski definition) is 1. The van der Waals surface area contributed by atoms with Crippen LogP contribution in [0.15, 0.2) is 42.0 Å². The van der Waals surface area contributed by atoms with Gasteiger partial charge in [0.2, 0.25) is 0 Å². The van der Waals surface area contributed by atoms with E-state index in [-0.39, 0.29) is 6.03 Å². The van der Waals surface area contributed by atoms with Crippen LogP contribution in [0.3, 0.4) is 0 Å². The Morgan fingerprint density at radius 3 is 3.04 bits per heavy atom. The second kappa shape index (κ2) is 7.29. The highest BCUT2D eigenvalue weighted by molar-refractivity contribution is 7.09. The molecule has 1 N–H and O–H groups in total. The number of benzene rings is 1. The fourth-order valence-corrected chi connectivity index (χ4v) is 3.92. The Labute approximate surface area is 156 Å². The van der Waals surface area contributed by atoms with E-state index >= 15 is 0 Å². The van der Waals surface area contributed by atoms with Crippen molar-refractivity contribution >= 4 is 23.1 Å². The molecule has 0 atom stereocenters. The summed E-state index contributed by atoms with van der Waals surface area (Å²) in [6, 6.07) is 7.70. The van der Waals surface area contributed by atoms with Gasteiger partial charge in [-0.1, -0.05) is 12.1 Å². The van der Waals surface area contributed by atoms with Gasteiger partial charge in [-0.25, -0.2) is 14.8 Å². The summed E-state index contributed by atoms with van der Waals surface area (Å²) in [5.41, 5.74) is 3.01. The van der Waals surface area contributed by atoms with Crippen LogP contribution in [0.4, 0.5) is 10.5 Å². The summed E-state index contributed by atoms with van der Waals surface area (Å²) in [6.45, 7) is 1.47. The molecule has 2 amide bonds. The molecular weight excluding hydrogens is 346 g/mol. The van der Waals surface area contributed by atoms with Gasteiger partial charge < -0.3 is 14.8 Å². The lowest BCUT2D eigenvalue weighted by atomic mass is 10.1. The molecule has 7 heteroatoms. The first-order valence-electron chi connectivity index (χ1n) is 8.76. The van der Waals surface area contributed by atoms with Gasteiger partial charge in [0.05, 0.1) is 12.2 Å². The van der Waals surface area contributed by atoms with Gasteiger partial charge in [0.15, 0.2) is 0 Å². The van der Waals surface area contributed by atoms with Crippen LogP contribution in [0, 0.1) is 0 Å². The summed E-state index contributed by atoms with van der Waals surface area (Å²) in [4.78, 5) is 23.1. The highest BCUT2D eigenvalue weighted by Crippen LogP contribution is 2.30. The van der Waals surface area contributed by atoms with Crippen molar-refractivity contribution in [3.05, 3.63) is 52.7 Å². The molecule has 2 aromatic heterocycles. The number of thiazole rings is 1. The second-order valence-electron chi connectivity index (χ2n) is 6.44. The zero-order valence-corrected chi connectivity index (χ0v) is 15.5. The Balaban J connectivity index is 1.56. The highest BCUT2D eigenvalue weighted by Gasteiger charge is 2.19. The summed E-state index contributed by atoms with van der Waals surface area (Å²) in [6.07, 6.45) is 7.16. The van der Waals surface area contributed by atoms with E-state index in [4.69, 9.17) is 0 Å². The van der Waals surface area contributed by atoms with Gasteiger partial charge in [-0.3, -0.25) is 0 Å². The number of para-hydroxylation sites is 1. The highest BCUT2D eigenvalue weighted by atomic mass is 32.1. The van der Waals surface area contributed by atoms with Crippen molar-refractivity contribution in [1.29, 1.82) is 0 Å². The first kappa shape index (κ1) is 16.8. The topological polar surface area (TPSA) is 63.1 Å². The summed E-state index contributed by atoms with van der Waals surface area (Å²) < 4.78 is 2.27. The van der Waals surface area contributed by atoms with E-state index in [0.717, 1.165) is 35.0 Å². The molecule has 134 valence electrons. The normalized spacial score (nSPS) is 13.3. The molecule has 3 aromatic rings. The van der Waals surface area contributed by atoms with Gasteiger partial charge in [-0.05, 0) is 31.4 Å². The molecule has 0 spiro atoms. The first-order valence-corrected chi connectivity index (χ1v) is 9.64. The molecule has 1 aliphatic heterocycles. The molecule has 0 radical (unpaired) electrons. The summed E-state index contributed by atoms with van der Waals surface area (Å²) in [5, 5.41) is 5.86. The Morgan fingerprint density at radius 2 is 2.19 bits per heavy atom. The smallest absolute Gasteiger partial charge is 0.321 e. The van der Waals surface area contributed by atoms with E-state index in [1.54, 1.807) is 29.5 Å². The molecule has 4 rings (SSSR count). The number of amides is 2. The number of anilines is 1. The standard InChI is InChI=1S/C19H21N5OS/c1-23(13-17-20-9-11-26-17)19(25)22-16-8-3-2-7-15(16)18-21-12-14-6-4-5-10-24(14)18/h2-3,7-9,11-12H,4-6,10,13H2,1H3,(H,22,25). The lowest BCUT2D eigenvalue weighted by Gasteiger charge is -2.20. The molecule has 26 heavy (non-hydrogen) atoms. The zero-order valence-electron chi connectivity index (χ0n) is 14.7. The van der Waals surface area contributed by atoms with Crippen molar-refractivity contribution < 1.29 is 4.79 Å². The van der Waals surface area contributed by atoms with Crippen LogP contribution in [0.25, 0.3) is 11.4 Å². The van der Waals surface area contributed by atoms with E-state index in [9.17, 15) is 4.79 Å². The minimum Gasteiger partial charge on any atom is -0.328 e. The Bertz CT molecular complexity index is 903. The van der Waals surface area contributed by atoms with E-state index < -0.39 is 0 Å². The van der Waals surface area contributed by atoms with Crippen molar-refractivity contribution in [2.24, 2.45) is 0 Å². The number of nitrogens with one attached hydrogen (secondary N) is 1. The van der Waals surface area contributed by atoms with Crippen LogP contribution < -0.4 is 5.32 Å². The van der Waals surface area contributed by atoms with Crippen LogP contribution in [0.2, 0.25) is 0 Å². The minimum absolute atomic E-state index is 0.155. The van der Waals surface area contributed by atoms with Gasteiger partial charge in [0, 0.05) is 42.6 Å². The number of imidazole rings is 1. The molecule has 1 aromatic carbocycles. The van der Waals surface area contributed by atoms with Crippen molar-refractivity contribution in [2.75, 3.05) is 12.4 Å². The van der Waals surface area contributed by atoms with Gasteiger partial charge in [-0.2, -0.15) is 0 Å². The van der Waals surface area contributed by atoms with E-state index in [0.29, 0.717) is 6.54 Å². The Morgan fingerprint density at radius 1 is 1.31 bits per heavy atom. The molecule has 1 aliphatic rings. The van der Waals surface area contributed by atoms with Crippen molar-refractivity contribution in [3.63, 3.8) is 0 Å². The maximum Gasteiger partial charge on any atom is 0.321 e. The second-order valence-corrected chi connectivity index (χ2v) is 7.42. The monoisotopic (exact) mass is 367 g/mol. The molecule has 0 saturated carbocycles. The number of hydrogen-bond acceptors (Lipinski definition) is 4. The molecule has 3 heterocycles. The lowest BCUT2D eigenvalue weighted by Crippen LogP contribution is -2.31. The summed E-state index contributed by atoms with van der Waals surface area (Å²) in [7, 11) is 1.77. The first-order chi connectivity index (χ1) is 12.7. The SMILES string of the molecule is CN(Cc1nccs1)C(=O)Nc1ccccc1-c1ncc2n1CCCC2. The summed E-state index contributed by atoms with van der Waals surface area (Å²) >= 11 is 1.55. The Kier molecular flexibility index (Phi) is 4.71. The van der Waals surface area contributed by atoms with E-state index in [2.05, 4.69) is 19.9 Å². The quantitative estimate of drug-likeness (QED) is 0.758. The fraction of sp³-hybridized carbons (Fsp3) is 0.316. The zero-order chi connectivity index (χ0) is 17.9. The number of urea groups is 1. The van der Waals surface area contributed by atoms with E-state index in [1.165, 1.54) is 18.5 Å². The number of carbonyl (C=O) groups is 1. The number of fused-ring (bicyclic) bond motifs is 1. The molecular formula is C19H21N5OS. The molecule has 0 bridgehead atoms. The number of aromatic nitrogens is 3. The maximum absolute atomic E-state index is 12.6. The third-order valence-electron chi connectivity index (χ3n) is 4.62. The number of carbonyl (C=O) groups excluding carboxylic acids is 1. The molecule has 0 fully saturated rings. The minimum atomic E-state index is -0.155. The van der Waals surface area contributed by atoms with Crippen LogP contribution >= 0.6 is 11.3 Å². The molecule has 0 aliphatic carbocycles. The largest absolute Gasteiger partial charge is 0.328 e. The van der Waals surface area contributed by atoms with Crippen molar-refractivity contribution in [2.45, 2.75) is 32.4 Å². The van der Waals surface area contributed by atoms with E-state index in [1.807, 2.05) is 35.8 Å². The van der Waals surface area contributed by atoms with Crippen molar-refractivity contribution in [1.82, 2.24) is 19.4 Å². The van der Waals surface area contributed by atoms with Crippen LogP contribution in [-0.4, -0.2) is 32.5 Å².